The van der Waals surface area contributed by atoms with E-state index in [0.717, 1.165) is 5.56 Å². The molecule has 0 saturated carbocycles. The highest BCUT2D eigenvalue weighted by molar-refractivity contribution is 7.51. The Bertz CT molecular complexity index is 323. The predicted molar refractivity (Wildman–Crippen MR) is 50.7 cm³/mol. The second-order valence-corrected chi connectivity index (χ2v) is 4.57. The van der Waals surface area contributed by atoms with Crippen LogP contribution in [-0.4, -0.2) is 26.3 Å². The van der Waals surface area contributed by atoms with Crippen LogP contribution in [-0.2, 0) is 11.1 Å². The Morgan fingerprint density at radius 3 is 2.29 bits per heavy atom. The summed E-state index contributed by atoms with van der Waals surface area (Å²) in [5.74, 6) is 0. The Morgan fingerprint density at radius 2 is 1.79 bits per heavy atom. The summed E-state index contributed by atoms with van der Waals surface area (Å²) in [6.45, 7) is 0.103. The molecule has 0 fully saturated rings. The van der Waals surface area contributed by atoms with Gasteiger partial charge in [-0.15, -0.1) is 0 Å². The molecule has 3 N–H and O–H groups in total. The number of rotatable bonds is 4. The standard InChI is InChI=1S/C8H12NO4P/c10-9(7-14(11,12)13)6-8-4-2-1-3-5-8/h1-5,10H,6-7H2,(H2,11,12,13). The quantitative estimate of drug-likeness (QED) is 0.518. The first-order valence-corrected chi connectivity index (χ1v) is 5.79. The topological polar surface area (TPSA) is 81.0 Å². The summed E-state index contributed by atoms with van der Waals surface area (Å²) >= 11 is 0. The Balaban J connectivity index is 2.50. The van der Waals surface area contributed by atoms with E-state index in [9.17, 15) is 9.77 Å². The van der Waals surface area contributed by atoms with E-state index in [2.05, 4.69) is 0 Å². The van der Waals surface area contributed by atoms with Crippen LogP contribution in [0.15, 0.2) is 30.3 Å². The molecule has 1 aromatic rings. The fraction of sp³-hybridized carbons (Fsp3) is 0.250. The third-order valence-electron chi connectivity index (χ3n) is 1.56. The van der Waals surface area contributed by atoms with Crippen LogP contribution in [0.25, 0.3) is 0 Å². The average molecular weight is 217 g/mol. The maximum atomic E-state index is 10.5. The summed E-state index contributed by atoms with van der Waals surface area (Å²) in [6.07, 6.45) is -0.651. The second-order valence-electron chi connectivity index (χ2n) is 2.96. The molecule has 0 saturated heterocycles. The van der Waals surface area contributed by atoms with Crippen LogP contribution in [0.1, 0.15) is 5.56 Å². The van der Waals surface area contributed by atoms with Gasteiger partial charge in [-0.25, -0.2) is 0 Å². The van der Waals surface area contributed by atoms with Crippen molar-refractivity contribution in [1.82, 2.24) is 5.06 Å². The van der Waals surface area contributed by atoms with Crippen molar-refractivity contribution in [3.63, 3.8) is 0 Å². The van der Waals surface area contributed by atoms with E-state index in [-0.39, 0.29) is 6.54 Å². The largest absolute Gasteiger partial charge is 0.341 e. The van der Waals surface area contributed by atoms with Gasteiger partial charge in [-0.05, 0) is 5.56 Å². The van der Waals surface area contributed by atoms with Crippen molar-refractivity contribution < 1.29 is 19.6 Å². The number of nitrogens with zero attached hydrogens (tertiary/aromatic N) is 1. The zero-order chi connectivity index (χ0) is 10.6. The molecule has 1 aromatic carbocycles. The van der Waals surface area contributed by atoms with E-state index >= 15 is 0 Å². The first kappa shape index (κ1) is 11.4. The summed E-state index contributed by atoms with van der Waals surface area (Å²) in [5.41, 5.74) is 0.795. The summed E-state index contributed by atoms with van der Waals surface area (Å²) in [6, 6.07) is 8.95. The van der Waals surface area contributed by atoms with E-state index in [1.807, 2.05) is 6.07 Å². The first-order valence-electron chi connectivity index (χ1n) is 4.00. The zero-order valence-corrected chi connectivity index (χ0v) is 8.34. The van der Waals surface area contributed by atoms with Crippen molar-refractivity contribution in [1.29, 1.82) is 0 Å². The molecule has 0 aliphatic rings. The van der Waals surface area contributed by atoms with Crippen LogP contribution < -0.4 is 0 Å². The van der Waals surface area contributed by atoms with E-state index in [1.54, 1.807) is 24.3 Å². The molecule has 0 amide bonds. The summed E-state index contributed by atoms with van der Waals surface area (Å²) in [4.78, 5) is 17.2. The van der Waals surface area contributed by atoms with Crippen LogP contribution in [0.4, 0.5) is 0 Å². The predicted octanol–water partition coefficient (Wildman–Crippen LogP) is 1.01. The molecule has 5 nitrogen and oxygen atoms in total. The lowest BCUT2D eigenvalue weighted by molar-refractivity contribution is -0.0856. The SMILES string of the molecule is O=P(O)(O)CN(O)Cc1ccccc1. The Morgan fingerprint density at radius 1 is 1.21 bits per heavy atom. The van der Waals surface area contributed by atoms with Crippen molar-refractivity contribution in [2.45, 2.75) is 6.54 Å². The van der Waals surface area contributed by atoms with Crippen LogP contribution in [0.2, 0.25) is 0 Å². The molecule has 6 heteroatoms. The van der Waals surface area contributed by atoms with E-state index in [1.165, 1.54) is 0 Å². The minimum absolute atomic E-state index is 0.103. The number of benzene rings is 1. The molecule has 0 aliphatic carbocycles. The lowest BCUT2D eigenvalue weighted by atomic mass is 10.2. The molecule has 0 atom stereocenters. The number of hydrogen-bond acceptors (Lipinski definition) is 3. The van der Waals surface area contributed by atoms with Gasteiger partial charge in [0.2, 0.25) is 0 Å². The van der Waals surface area contributed by atoms with Crippen molar-refractivity contribution >= 4 is 7.60 Å². The third kappa shape index (κ3) is 4.50. The van der Waals surface area contributed by atoms with Gasteiger partial charge in [-0.2, -0.15) is 5.06 Å². The summed E-state index contributed by atoms with van der Waals surface area (Å²) in [5, 5.41) is 9.79. The minimum atomic E-state index is -4.18. The molecule has 78 valence electrons. The monoisotopic (exact) mass is 217 g/mol. The lowest BCUT2D eigenvalue weighted by Gasteiger charge is -2.14. The summed E-state index contributed by atoms with van der Waals surface area (Å²) in [7, 11) is -4.18. The van der Waals surface area contributed by atoms with Crippen molar-refractivity contribution in [3.8, 4) is 0 Å². The van der Waals surface area contributed by atoms with E-state index < -0.39 is 13.9 Å². The van der Waals surface area contributed by atoms with Gasteiger partial charge >= 0.3 is 7.60 Å². The molecule has 0 aromatic heterocycles. The van der Waals surface area contributed by atoms with Crippen LogP contribution in [0, 0.1) is 0 Å². The van der Waals surface area contributed by atoms with Gasteiger partial charge in [-0.1, -0.05) is 30.3 Å². The molecule has 0 spiro atoms. The fourth-order valence-corrected chi connectivity index (χ4v) is 1.58. The molecule has 1 rings (SSSR count). The van der Waals surface area contributed by atoms with Gasteiger partial charge in [0.25, 0.3) is 0 Å². The van der Waals surface area contributed by atoms with E-state index in [0.29, 0.717) is 5.06 Å². The molecular weight excluding hydrogens is 205 g/mol. The molecular formula is C8H12NO4P. The molecule has 0 radical (unpaired) electrons. The zero-order valence-electron chi connectivity index (χ0n) is 7.45. The van der Waals surface area contributed by atoms with Crippen molar-refractivity contribution in [2.75, 3.05) is 6.29 Å². The average Bonchev–Trinajstić information content (AvgIpc) is 2.02. The van der Waals surface area contributed by atoms with Crippen LogP contribution in [0.3, 0.4) is 0 Å². The Labute approximate surface area is 81.7 Å². The lowest BCUT2D eigenvalue weighted by Crippen LogP contribution is -2.19. The molecule has 0 bridgehead atoms. The molecule has 14 heavy (non-hydrogen) atoms. The van der Waals surface area contributed by atoms with Crippen molar-refractivity contribution in [2.24, 2.45) is 0 Å². The smallest absolute Gasteiger partial charge is 0.323 e. The van der Waals surface area contributed by atoms with Gasteiger partial charge in [-0.3, -0.25) is 4.57 Å². The first-order chi connectivity index (χ1) is 6.47. The maximum Gasteiger partial charge on any atom is 0.341 e. The number of hydroxylamine groups is 2. The van der Waals surface area contributed by atoms with Gasteiger partial charge in [0.1, 0.15) is 6.29 Å². The van der Waals surface area contributed by atoms with Crippen molar-refractivity contribution in [3.05, 3.63) is 35.9 Å². The highest BCUT2D eigenvalue weighted by Crippen LogP contribution is 2.34. The normalized spacial score (nSPS) is 12.0. The highest BCUT2D eigenvalue weighted by Gasteiger charge is 2.17. The van der Waals surface area contributed by atoms with E-state index in [4.69, 9.17) is 9.79 Å². The highest BCUT2D eigenvalue weighted by atomic mass is 31.2. The molecule has 0 aliphatic heterocycles. The van der Waals surface area contributed by atoms with Gasteiger partial charge in [0.15, 0.2) is 0 Å². The fourth-order valence-electron chi connectivity index (χ4n) is 1.06. The number of hydrogen-bond donors (Lipinski definition) is 3. The maximum absolute atomic E-state index is 10.5. The summed E-state index contributed by atoms with van der Waals surface area (Å²) < 4.78 is 10.5. The van der Waals surface area contributed by atoms with Crippen LogP contribution >= 0.6 is 7.60 Å². The second kappa shape index (κ2) is 4.68. The van der Waals surface area contributed by atoms with Crippen LogP contribution in [0.5, 0.6) is 0 Å². The van der Waals surface area contributed by atoms with Gasteiger partial charge < -0.3 is 15.0 Å². The Kier molecular flexibility index (Phi) is 3.80. The van der Waals surface area contributed by atoms with Gasteiger partial charge in [0, 0.05) is 6.54 Å². The molecule has 0 heterocycles. The molecule has 0 unspecified atom stereocenters. The minimum Gasteiger partial charge on any atom is -0.323 e. The van der Waals surface area contributed by atoms with Gasteiger partial charge in [0.05, 0.1) is 0 Å². The third-order valence-corrected chi connectivity index (χ3v) is 2.25. The Hall–Kier alpha value is -0.710.